The van der Waals surface area contributed by atoms with Crippen LogP contribution in [0, 0.1) is 16.7 Å². The summed E-state index contributed by atoms with van der Waals surface area (Å²) in [5.41, 5.74) is 1.08. The Labute approximate surface area is 128 Å². The van der Waals surface area contributed by atoms with Gasteiger partial charge in [0.05, 0.1) is 10.6 Å². The molecule has 0 aliphatic heterocycles. The highest BCUT2D eigenvalue weighted by atomic mass is 79.9. The largest absolute Gasteiger partial charge is 0.352 e. The lowest BCUT2D eigenvalue weighted by Gasteiger charge is -2.08. The van der Waals surface area contributed by atoms with E-state index in [-0.39, 0.29) is 16.7 Å². The van der Waals surface area contributed by atoms with Crippen LogP contribution in [0.3, 0.4) is 0 Å². The quantitative estimate of drug-likeness (QED) is 0.858. The van der Waals surface area contributed by atoms with Crippen LogP contribution in [0.1, 0.15) is 38.1 Å². The number of carbonyl (C=O) groups is 1. The number of hydrogen-bond acceptors (Lipinski definition) is 1. The summed E-state index contributed by atoms with van der Waals surface area (Å²) in [6, 6.07) is 5.38. The van der Waals surface area contributed by atoms with Crippen LogP contribution in [-0.4, -0.2) is 12.5 Å². The van der Waals surface area contributed by atoms with Gasteiger partial charge in [0, 0.05) is 11.0 Å². The highest BCUT2D eigenvalue weighted by molar-refractivity contribution is 9.10. The van der Waals surface area contributed by atoms with E-state index in [1.807, 2.05) is 12.1 Å². The van der Waals surface area contributed by atoms with Crippen molar-refractivity contribution < 1.29 is 4.79 Å². The van der Waals surface area contributed by atoms with Crippen molar-refractivity contribution in [1.82, 2.24) is 5.32 Å². The Balaban J connectivity index is 2.02. The maximum atomic E-state index is 12.2. The van der Waals surface area contributed by atoms with Gasteiger partial charge in [0.1, 0.15) is 0 Å². The molecule has 0 unspecified atom stereocenters. The second-order valence-electron chi connectivity index (χ2n) is 6.31. The Bertz CT molecular complexity index is 511. The predicted octanol–water partition coefficient (Wildman–Crippen LogP) is 4.51. The molecule has 1 aliphatic carbocycles. The van der Waals surface area contributed by atoms with E-state index in [1.54, 1.807) is 6.07 Å². The molecule has 1 saturated carbocycles. The Morgan fingerprint density at radius 2 is 1.89 bits per heavy atom. The molecule has 1 aliphatic rings. The summed E-state index contributed by atoms with van der Waals surface area (Å²) < 4.78 is 0.744. The van der Waals surface area contributed by atoms with Gasteiger partial charge in [-0.3, -0.25) is 4.79 Å². The van der Waals surface area contributed by atoms with Crippen molar-refractivity contribution in [2.75, 3.05) is 6.54 Å². The summed E-state index contributed by atoms with van der Waals surface area (Å²) in [4.78, 5) is 12.2. The fourth-order valence-corrected chi connectivity index (χ4v) is 3.39. The smallest absolute Gasteiger partial charge is 0.252 e. The second-order valence-corrected chi connectivity index (χ2v) is 7.54. The van der Waals surface area contributed by atoms with E-state index in [1.165, 1.54) is 0 Å². The molecule has 0 aromatic heterocycles. The molecule has 0 saturated heterocycles. The number of benzene rings is 1. The first-order valence-electron chi connectivity index (χ1n) is 6.42. The number of hydrogen-bond donors (Lipinski definition) is 1. The number of nitrogens with one attached hydrogen (secondary N) is 1. The molecular weight excluding hydrogens is 326 g/mol. The van der Waals surface area contributed by atoms with Gasteiger partial charge in [-0.1, -0.05) is 45.4 Å². The Kier molecular flexibility index (Phi) is 3.74. The molecule has 1 aromatic rings. The van der Waals surface area contributed by atoms with E-state index < -0.39 is 0 Å². The lowest BCUT2D eigenvalue weighted by molar-refractivity contribution is 0.0950. The fourth-order valence-electron chi connectivity index (χ4n) is 2.81. The SMILES string of the molecule is CC1(C)C(CNC(=O)c2cccc(Br)c2Cl)C1(C)C. The van der Waals surface area contributed by atoms with Crippen molar-refractivity contribution in [3.05, 3.63) is 33.3 Å². The lowest BCUT2D eigenvalue weighted by Crippen LogP contribution is -2.27. The number of rotatable bonds is 3. The van der Waals surface area contributed by atoms with Gasteiger partial charge in [0.15, 0.2) is 0 Å². The Morgan fingerprint density at radius 3 is 2.42 bits per heavy atom. The molecule has 19 heavy (non-hydrogen) atoms. The van der Waals surface area contributed by atoms with Crippen LogP contribution in [0.4, 0.5) is 0 Å². The summed E-state index contributed by atoms with van der Waals surface area (Å²) in [6.45, 7) is 9.68. The highest BCUT2D eigenvalue weighted by Gasteiger charge is 2.64. The zero-order chi connectivity index (χ0) is 14.4. The van der Waals surface area contributed by atoms with Crippen molar-refractivity contribution in [2.24, 2.45) is 16.7 Å². The average Bonchev–Trinajstić information content (AvgIpc) is 2.70. The molecule has 0 heterocycles. The van der Waals surface area contributed by atoms with Crippen LogP contribution in [0.15, 0.2) is 22.7 Å². The maximum Gasteiger partial charge on any atom is 0.252 e. The van der Waals surface area contributed by atoms with Gasteiger partial charge < -0.3 is 5.32 Å². The third-order valence-corrected chi connectivity index (χ3v) is 6.28. The molecule has 0 radical (unpaired) electrons. The first-order valence-corrected chi connectivity index (χ1v) is 7.59. The van der Waals surface area contributed by atoms with E-state index in [0.29, 0.717) is 23.0 Å². The van der Waals surface area contributed by atoms with Crippen LogP contribution in [0.2, 0.25) is 5.02 Å². The molecule has 2 rings (SSSR count). The van der Waals surface area contributed by atoms with Gasteiger partial charge in [-0.2, -0.15) is 0 Å². The Hall–Kier alpha value is -0.540. The van der Waals surface area contributed by atoms with E-state index in [4.69, 9.17) is 11.6 Å². The maximum absolute atomic E-state index is 12.2. The van der Waals surface area contributed by atoms with Gasteiger partial charge in [0.25, 0.3) is 5.91 Å². The van der Waals surface area contributed by atoms with Crippen molar-refractivity contribution >= 4 is 33.4 Å². The van der Waals surface area contributed by atoms with Crippen molar-refractivity contribution in [1.29, 1.82) is 0 Å². The first kappa shape index (κ1) is 14.9. The molecule has 1 aromatic carbocycles. The molecule has 1 amide bonds. The van der Waals surface area contributed by atoms with Gasteiger partial charge in [0.2, 0.25) is 0 Å². The molecule has 0 spiro atoms. The molecule has 2 nitrogen and oxygen atoms in total. The monoisotopic (exact) mass is 343 g/mol. The summed E-state index contributed by atoms with van der Waals surface area (Å²) in [5.74, 6) is 0.402. The van der Waals surface area contributed by atoms with Gasteiger partial charge in [-0.15, -0.1) is 0 Å². The second kappa shape index (κ2) is 4.78. The van der Waals surface area contributed by atoms with Gasteiger partial charge >= 0.3 is 0 Å². The summed E-state index contributed by atoms with van der Waals surface area (Å²) in [6.07, 6.45) is 0. The molecule has 104 valence electrons. The minimum absolute atomic E-state index is 0.107. The standard InChI is InChI=1S/C15H19BrClNO/c1-14(2)11(15(14,3)4)8-18-13(19)9-6-5-7-10(16)12(9)17/h5-7,11H,8H2,1-4H3,(H,18,19). The predicted molar refractivity (Wildman–Crippen MR) is 82.5 cm³/mol. The zero-order valence-corrected chi connectivity index (χ0v) is 14.0. The fraction of sp³-hybridized carbons (Fsp3) is 0.533. The first-order chi connectivity index (χ1) is 8.69. The molecule has 1 N–H and O–H groups in total. The van der Waals surface area contributed by atoms with Crippen LogP contribution in [0.25, 0.3) is 0 Å². The summed E-state index contributed by atoms with van der Waals surface area (Å²) in [5, 5.41) is 3.46. The molecule has 4 heteroatoms. The molecular formula is C15H19BrClNO. The minimum atomic E-state index is -0.107. The third kappa shape index (κ3) is 2.43. The minimum Gasteiger partial charge on any atom is -0.352 e. The van der Waals surface area contributed by atoms with Crippen LogP contribution >= 0.6 is 27.5 Å². The zero-order valence-electron chi connectivity index (χ0n) is 11.7. The van der Waals surface area contributed by atoms with Crippen LogP contribution in [0.5, 0.6) is 0 Å². The number of carbonyl (C=O) groups excluding carboxylic acids is 1. The molecule has 0 atom stereocenters. The lowest BCUT2D eigenvalue weighted by atomic mass is 10.0. The van der Waals surface area contributed by atoms with Crippen LogP contribution in [-0.2, 0) is 0 Å². The van der Waals surface area contributed by atoms with E-state index >= 15 is 0 Å². The van der Waals surface area contributed by atoms with Gasteiger partial charge in [-0.25, -0.2) is 0 Å². The molecule has 1 fully saturated rings. The van der Waals surface area contributed by atoms with E-state index in [2.05, 4.69) is 48.9 Å². The summed E-state index contributed by atoms with van der Waals surface area (Å²) in [7, 11) is 0. The molecule has 0 bridgehead atoms. The normalized spacial score (nSPS) is 20.1. The third-order valence-electron chi connectivity index (χ3n) is 4.98. The summed E-state index contributed by atoms with van der Waals surface area (Å²) >= 11 is 9.45. The van der Waals surface area contributed by atoms with Crippen molar-refractivity contribution in [3.8, 4) is 0 Å². The highest BCUT2D eigenvalue weighted by Crippen LogP contribution is 2.67. The topological polar surface area (TPSA) is 29.1 Å². The van der Waals surface area contributed by atoms with E-state index in [9.17, 15) is 4.79 Å². The van der Waals surface area contributed by atoms with Crippen molar-refractivity contribution in [3.63, 3.8) is 0 Å². The van der Waals surface area contributed by atoms with E-state index in [0.717, 1.165) is 4.47 Å². The van der Waals surface area contributed by atoms with Gasteiger partial charge in [-0.05, 0) is 44.8 Å². The number of amides is 1. The Morgan fingerprint density at radius 1 is 1.32 bits per heavy atom. The number of halogens is 2. The van der Waals surface area contributed by atoms with Crippen molar-refractivity contribution in [2.45, 2.75) is 27.7 Å². The van der Waals surface area contributed by atoms with Crippen LogP contribution < -0.4 is 5.32 Å². The average molecular weight is 345 g/mol.